The molecule has 17 heavy (non-hydrogen) atoms. The van der Waals surface area contributed by atoms with E-state index in [2.05, 4.69) is 32.6 Å². The van der Waals surface area contributed by atoms with Crippen LogP contribution in [0.25, 0.3) is 0 Å². The number of hydrogen-bond acceptors (Lipinski definition) is 2. The molecule has 0 aromatic heterocycles. The van der Waals surface area contributed by atoms with E-state index in [1.54, 1.807) is 0 Å². The minimum absolute atomic E-state index is 0.614. The van der Waals surface area contributed by atoms with Gasteiger partial charge in [0, 0.05) is 12.6 Å². The van der Waals surface area contributed by atoms with Crippen LogP contribution in [0.5, 0.6) is 0 Å². The highest BCUT2D eigenvalue weighted by atomic mass is 15.2. The van der Waals surface area contributed by atoms with Crippen molar-refractivity contribution in [3.8, 4) is 0 Å². The van der Waals surface area contributed by atoms with Crippen LogP contribution in [0, 0.1) is 17.8 Å². The van der Waals surface area contributed by atoms with Crippen molar-refractivity contribution in [2.24, 2.45) is 23.5 Å². The summed E-state index contributed by atoms with van der Waals surface area (Å²) < 4.78 is 0. The van der Waals surface area contributed by atoms with Crippen LogP contribution in [0.1, 0.15) is 53.4 Å². The van der Waals surface area contributed by atoms with Gasteiger partial charge in [-0.25, -0.2) is 0 Å². The second-order valence-electron chi connectivity index (χ2n) is 6.19. The van der Waals surface area contributed by atoms with Crippen molar-refractivity contribution >= 4 is 0 Å². The molecule has 0 aliphatic carbocycles. The predicted molar refractivity (Wildman–Crippen MR) is 76.0 cm³/mol. The van der Waals surface area contributed by atoms with Crippen LogP contribution in [-0.4, -0.2) is 30.6 Å². The lowest BCUT2D eigenvalue weighted by atomic mass is 9.85. The van der Waals surface area contributed by atoms with Crippen molar-refractivity contribution in [1.29, 1.82) is 0 Å². The largest absolute Gasteiger partial charge is 0.329 e. The fourth-order valence-electron chi connectivity index (χ4n) is 3.31. The SMILES string of the molecule is CCCC(C)C(CN)N1CCC(C(C)C)CC1. The van der Waals surface area contributed by atoms with Gasteiger partial charge in [-0.05, 0) is 50.1 Å². The molecule has 0 aromatic rings. The fraction of sp³-hybridized carbons (Fsp3) is 1.00. The van der Waals surface area contributed by atoms with Crippen molar-refractivity contribution in [2.45, 2.75) is 59.4 Å². The normalized spacial score (nSPS) is 22.9. The summed E-state index contributed by atoms with van der Waals surface area (Å²) in [6, 6.07) is 0.614. The Morgan fingerprint density at radius 1 is 1.18 bits per heavy atom. The first kappa shape index (κ1) is 15.0. The zero-order valence-electron chi connectivity index (χ0n) is 12.3. The second-order valence-corrected chi connectivity index (χ2v) is 6.19. The van der Waals surface area contributed by atoms with Crippen LogP contribution >= 0.6 is 0 Å². The van der Waals surface area contributed by atoms with Gasteiger partial charge in [0.25, 0.3) is 0 Å². The van der Waals surface area contributed by atoms with Crippen LogP contribution in [-0.2, 0) is 0 Å². The maximum Gasteiger partial charge on any atom is 0.0243 e. The van der Waals surface area contributed by atoms with E-state index in [-0.39, 0.29) is 0 Å². The standard InChI is InChI=1S/C15H32N2/c1-5-6-13(4)15(11-16)17-9-7-14(8-10-17)12(2)3/h12-15H,5-11,16H2,1-4H3. The van der Waals surface area contributed by atoms with Crippen molar-refractivity contribution in [3.63, 3.8) is 0 Å². The second kappa shape index (κ2) is 7.38. The lowest BCUT2D eigenvalue weighted by Gasteiger charge is -2.40. The molecule has 0 spiro atoms. The smallest absolute Gasteiger partial charge is 0.0243 e. The highest BCUT2D eigenvalue weighted by molar-refractivity contribution is 4.83. The van der Waals surface area contributed by atoms with Crippen LogP contribution in [0.4, 0.5) is 0 Å². The molecule has 2 N–H and O–H groups in total. The third kappa shape index (κ3) is 4.26. The van der Waals surface area contributed by atoms with Crippen LogP contribution in [0.15, 0.2) is 0 Å². The number of hydrogen-bond donors (Lipinski definition) is 1. The first-order chi connectivity index (χ1) is 8.10. The van der Waals surface area contributed by atoms with Crippen LogP contribution < -0.4 is 5.73 Å². The van der Waals surface area contributed by atoms with E-state index in [1.807, 2.05) is 0 Å². The summed E-state index contributed by atoms with van der Waals surface area (Å²) in [5.74, 6) is 2.54. The molecule has 1 fully saturated rings. The first-order valence-corrected chi connectivity index (χ1v) is 7.54. The lowest BCUT2D eigenvalue weighted by Crippen LogP contribution is -2.48. The topological polar surface area (TPSA) is 29.3 Å². The van der Waals surface area contributed by atoms with Crippen LogP contribution in [0.3, 0.4) is 0 Å². The quantitative estimate of drug-likeness (QED) is 0.773. The molecular formula is C15H32N2. The third-order valence-corrected chi connectivity index (χ3v) is 4.63. The summed E-state index contributed by atoms with van der Waals surface area (Å²) in [5, 5.41) is 0. The number of nitrogens with zero attached hydrogens (tertiary/aromatic N) is 1. The van der Waals surface area contributed by atoms with Crippen molar-refractivity contribution in [3.05, 3.63) is 0 Å². The third-order valence-electron chi connectivity index (χ3n) is 4.63. The van der Waals surface area contributed by atoms with Gasteiger partial charge in [-0.2, -0.15) is 0 Å². The molecule has 0 aromatic carbocycles. The van der Waals surface area contributed by atoms with Crippen molar-refractivity contribution in [2.75, 3.05) is 19.6 Å². The molecule has 102 valence electrons. The Balaban J connectivity index is 2.44. The molecule has 0 saturated carbocycles. The van der Waals surface area contributed by atoms with Crippen LogP contribution in [0.2, 0.25) is 0 Å². The van der Waals surface area contributed by atoms with Gasteiger partial charge in [-0.3, -0.25) is 4.90 Å². The Hall–Kier alpha value is -0.0800. The molecule has 0 bridgehead atoms. The van der Waals surface area contributed by atoms with Gasteiger partial charge in [0.1, 0.15) is 0 Å². The van der Waals surface area contributed by atoms with E-state index >= 15 is 0 Å². The summed E-state index contributed by atoms with van der Waals surface area (Å²) in [5.41, 5.74) is 5.99. The number of likely N-dealkylation sites (tertiary alicyclic amines) is 1. The summed E-state index contributed by atoms with van der Waals surface area (Å²) in [6.07, 6.45) is 5.33. The summed E-state index contributed by atoms with van der Waals surface area (Å²) in [6.45, 7) is 12.7. The Kier molecular flexibility index (Phi) is 6.50. The zero-order valence-corrected chi connectivity index (χ0v) is 12.3. The highest BCUT2D eigenvalue weighted by Gasteiger charge is 2.28. The van der Waals surface area contributed by atoms with Gasteiger partial charge in [0.15, 0.2) is 0 Å². The molecule has 1 aliphatic heterocycles. The molecule has 2 nitrogen and oxygen atoms in total. The van der Waals surface area contributed by atoms with Gasteiger partial charge in [0.2, 0.25) is 0 Å². The average Bonchev–Trinajstić information content (AvgIpc) is 2.31. The Morgan fingerprint density at radius 2 is 1.76 bits per heavy atom. The Bertz CT molecular complexity index is 195. The van der Waals surface area contributed by atoms with E-state index in [0.717, 1.165) is 24.3 Å². The van der Waals surface area contributed by atoms with Crippen molar-refractivity contribution < 1.29 is 0 Å². The number of rotatable bonds is 6. The molecular weight excluding hydrogens is 208 g/mol. The van der Waals surface area contributed by atoms with Gasteiger partial charge in [0.05, 0.1) is 0 Å². The molecule has 1 aliphatic rings. The van der Waals surface area contributed by atoms with Crippen molar-refractivity contribution in [1.82, 2.24) is 4.90 Å². The molecule has 1 heterocycles. The van der Waals surface area contributed by atoms with E-state index in [9.17, 15) is 0 Å². The van der Waals surface area contributed by atoms with E-state index < -0.39 is 0 Å². The molecule has 1 saturated heterocycles. The van der Waals surface area contributed by atoms with Gasteiger partial charge in [-0.15, -0.1) is 0 Å². The van der Waals surface area contributed by atoms with E-state index in [0.29, 0.717) is 6.04 Å². The maximum atomic E-state index is 5.99. The minimum atomic E-state index is 0.614. The summed E-state index contributed by atoms with van der Waals surface area (Å²) >= 11 is 0. The molecule has 2 heteroatoms. The van der Waals surface area contributed by atoms with Gasteiger partial charge >= 0.3 is 0 Å². The maximum absolute atomic E-state index is 5.99. The van der Waals surface area contributed by atoms with E-state index in [4.69, 9.17) is 5.73 Å². The molecule has 1 rings (SSSR count). The summed E-state index contributed by atoms with van der Waals surface area (Å²) in [7, 11) is 0. The Labute approximate surface area is 108 Å². The van der Waals surface area contributed by atoms with Gasteiger partial charge < -0.3 is 5.73 Å². The molecule has 2 atom stereocenters. The van der Waals surface area contributed by atoms with Gasteiger partial charge in [-0.1, -0.05) is 34.1 Å². The molecule has 0 amide bonds. The number of nitrogens with two attached hydrogens (primary N) is 1. The fourth-order valence-corrected chi connectivity index (χ4v) is 3.31. The highest BCUT2D eigenvalue weighted by Crippen LogP contribution is 2.27. The Morgan fingerprint density at radius 3 is 2.18 bits per heavy atom. The first-order valence-electron chi connectivity index (χ1n) is 7.54. The summed E-state index contributed by atoms with van der Waals surface area (Å²) in [4.78, 5) is 2.65. The number of piperidine rings is 1. The molecule has 0 radical (unpaired) electrons. The average molecular weight is 240 g/mol. The zero-order chi connectivity index (χ0) is 12.8. The monoisotopic (exact) mass is 240 g/mol. The minimum Gasteiger partial charge on any atom is -0.329 e. The molecule has 2 unspecified atom stereocenters. The lowest BCUT2D eigenvalue weighted by molar-refractivity contribution is 0.0877. The predicted octanol–water partition coefficient (Wildman–Crippen LogP) is 3.12. The van der Waals surface area contributed by atoms with E-state index in [1.165, 1.54) is 38.8 Å².